The summed E-state index contributed by atoms with van der Waals surface area (Å²) in [5, 5.41) is 3.31. The summed E-state index contributed by atoms with van der Waals surface area (Å²) in [4.78, 5) is 0. The van der Waals surface area contributed by atoms with Gasteiger partial charge in [0.2, 0.25) is 0 Å². The van der Waals surface area contributed by atoms with Gasteiger partial charge in [-0.25, -0.2) is 0 Å². The smallest absolute Gasteiger partial charge is 0.120 e. The van der Waals surface area contributed by atoms with Crippen molar-refractivity contribution in [1.29, 1.82) is 0 Å². The lowest BCUT2D eigenvalue weighted by Crippen LogP contribution is -2.20. The SMILES string of the molecule is CC(C)(C)c1cccc(OC2CCNC2)c1.Cl. The molecule has 2 rings (SSSR count). The molecule has 2 nitrogen and oxygen atoms in total. The van der Waals surface area contributed by atoms with Crippen LogP contribution in [0.4, 0.5) is 0 Å². The molecule has 0 aromatic heterocycles. The predicted octanol–water partition coefficient (Wildman–Crippen LogP) is 3.15. The Labute approximate surface area is 110 Å². The minimum Gasteiger partial charge on any atom is -0.489 e. The zero-order valence-electron chi connectivity index (χ0n) is 10.8. The summed E-state index contributed by atoms with van der Waals surface area (Å²) in [6.45, 7) is 8.72. The van der Waals surface area contributed by atoms with Gasteiger partial charge in [-0.15, -0.1) is 12.4 Å². The topological polar surface area (TPSA) is 21.3 Å². The Morgan fingerprint density at radius 2 is 2.06 bits per heavy atom. The van der Waals surface area contributed by atoms with Gasteiger partial charge in [0.25, 0.3) is 0 Å². The van der Waals surface area contributed by atoms with E-state index in [0.717, 1.165) is 25.3 Å². The van der Waals surface area contributed by atoms with Crippen LogP contribution in [0.5, 0.6) is 5.75 Å². The molecule has 1 atom stereocenters. The summed E-state index contributed by atoms with van der Waals surface area (Å²) >= 11 is 0. The van der Waals surface area contributed by atoms with Gasteiger partial charge in [0.05, 0.1) is 0 Å². The molecule has 0 bridgehead atoms. The van der Waals surface area contributed by atoms with Gasteiger partial charge in [-0.2, -0.15) is 0 Å². The molecule has 1 aromatic rings. The maximum Gasteiger partial charge on any atom is 0.120 e. The molecule has 96 valence electrons. The molecular formula is C14H22ClNO. The number of rotatable bonds is 2. The predicted molar refractivity (Wildman–Crippen MR) is 74.3 cm³/mol. The molecule has 1 unspecified atom stereocenters. The van der Waals surface area contributed by atoms with Crippen molar-refractivity contribution in [2.24, 2.45) is 0 Å². The first-order valence-electron chi connectivity index (χ1n) is 6.03. The van der Waals surface area contributed by atoms with E-state index in [-0.39, 0.29) is 17.8 Å². The highest BCUT2D eigenvalue weighted by atomic mass is 35.5. The minimum atomic E-state index is 0. The third-order valence-electron chi connectivity index (χ3n) is 3.02. The zero-order chi connectivity index (χ0) is 11.6. The van der Waals surface area contributed by atoms with Crippen molar-refractivity contribution in [2.75, 3.05) is 13.1 Å². The number of benzene rings is 1. The molecular weight excluding hydrogens is 234 g/mol. The molecule has 3 heteroatoms. The van der Waals surface area contributed by atoms with Crippen molar-refractivity contribution < 1.29 is 4.74 Å². The number of hydrogen-bond donors (Lipinski definition) is 1. The largest absolute Gasteiger partial charge is 0.489 e. The number of halogens is 1. The molecule has 0 aliphatic carbocycles. The van der Waals surface area contributed by atoms with Crippen LogP contribution >= 0.6 is 12.4 Å². The molecule has 1 saturated heterocycles. The molecule has 0 spiro atoms. The van der Waals surface area contributed by atoms with Gasteiger partial charge < -0.3 is 10.1 Å². The van der Waals surface area contributed by atoms with E-state index in [1.54, 1.807) is 0 Å². The van der Waals surface area contributed by atoms with Crippen LogP contribution in [0.3, 0.4) is 0 Å². The Morgan fingerprint density at radius 1 is 1.29 bits per heavy atom. The molecule has 1 fully saturated rings. The van der Waals surface area contributed by atoms with Crippen LogP contribution in [0.15, 0.2) is 24.3 Å². The second-order valence-electron chi connectivity index (χ2n) is 5.51. The van der Waals surface area contributed by atoms with Crippen LogP contribution in [-0.4, -0.2) is 19.2 Å². The van der Waals surface area contributed by atoms with E-state index in [4.69, 9.17) is 4.74 Å². The molecule has 1 aliphatic heterocycles. The first-order chi connectivity index (χ1) is 7.55. The lowest BCUT2D eigenvalue weighted by Gasteiger charge is -2.20. The van der Waals surface area contributed by atoms with Crippen molar-refractivity contribution in [3.63, 3.8) is 0 Å². The van der Waals surface area contributed by atoms with Crippen LogP contribution < -0.4 is 10.1 Å². The van der Waals surface area contributed by atoms with Gasteiger partial charge in [0, 0.05) is 6.54 Å². The fourth-order valence-corrected chi connectivity index (χ4v) is 1.96. The van der Waals surface area contributed by atoms with E-state index in [9.17, 15) is 0 Å². The summed E-state index contributed by atoms with van der Waals surface area (Å²) < 4.78 is 5.95. The van der Waals surface area contributed by atoms with E-state index in [0.29, 0.717) is 6.10 Å². The first kappa shape index (κ1) is 14.3. The van der Waals surface area contributed by atoms with Crippen LogP contribution in [0.1, 0.15) is 32.8 Å². The highest BCUT2D eigenvalue weighted by Crippen LogP contribution is 2.26. The van der Waals surface area contributed by atoms with Crippen molar-refractivity contribution in [2.45, 2.75) is 38.7 Å². The Bertz CT molecular complexity index is 353. The fraction of sp³-hybridized carbons (Fsp3) is 0.571. The molecule has 0 amide bonds. The summed E-state index contributed by atoms with van der Waals surface area (Å²) in [5.41, 5.74) is 1.52. The summed E-state index contributed by atoms with van der Waals surface area (Å²) in [6, 6.07) is 8.46. The highest BCUT2D eigenvalue weighted by molar-refractivity contribution is 5.85. The molecule has 1 N–H and O–H groups in total. The summed E-state index contributed by atoms with van der Waals surface area (Å²) in [6.07, 6.45) is 1.45. The van der Waals surface area contributed by atoms with E-state index in [2.05, 4.69) is 44.3 Å². The zero-order valence-corrected chi connectivity index (χ0v) is 11.6. The van der Waals surface area contributed by atoms with Gasteiger partial charge in [-0.3, -0.25) is 0 Å². The second-order valence-corrected chi connectivity index (χ2v) is 5.51. The highest BCUT2D eigenvalue weighted by Gasteiger charge is 2.18. The van der Waals surface area contributed by atoms with Crippen LogP contribution in [0.2, 0.25) is 0 Å². The van der Waals surface area contributed by atoms with E-state index in [1.807, 2.05) is 6.07 Å². The van der Waals surface area contributed by atoms with Gasteiger partial charge >= 0.3 is 0 Å². The molecule has 0 saturated carbocycles. The normalized spacial score (nSPS) is 19.8. The molecule has 1 aliphatic rings. The third-order valence-corrected chi connectivity index (χ3v) is 3.02. The number of nitrogens with one attached hydrogen (secondary N) is 1. The minimum absolute atomic E-state index is 0. The van der Waals surface area contributed by atoms with Crippen LogP contribution in [0, 0.1) is 0 Å². The molecule has 17 heavy (non-hydrogen) atoms. The van der Waals surface area contributed by atoms with Gasteiger partial charge in [0.15, 0.2) is 0 Å². The van der Waals surface area contributed by atoms with Crippen molar-refractivity contribution in [1.82, 2.24) is 5.32 Å². The van der Waals surface area contributed by atoms with E-state index in [1.165, 1.54) is 5.56 Å². The number of hydrogen-bond acceptors (Lipinski definition) is 2. The van der Waals surface area contributed by atoms with Gasteiger partial charge in [0.1, 0.15) is 11.9 Å². The van der Waals surface area contributed by atoms with E-state index < -0.39 is 0 Å². The Kier molecular flexibility index (Phi) is 4.84. The molecule has 1 aromatic carbocycles. The quantitative estimate of drug-likeness (QED) is 0.877. The van der Waals surface area contributed by atoms with Crippen molar-refractivity contribution in [3.05, 3.63) is 29.8 Å². The van der Waals surface area contributed by atoms with Crippen LogP contribution in [-0.2, 0) is 5.41 Å². The standard InChI is InChI=1S/C14H21NO.ClH/c1-14(2,3)11-5-4-6-12(9-11)16-13-7-8-15-10-13;/h4-6,9,13,15H,7-8,10H2,1-3H3;1H. The second kappa shape index (κ2) is 5.74. The molecule has 0 radical (unpaired) electrons. The molecule has 1 heterocycles. The summed E-state index contributed by atoms with van der Waals surface area (Å²) in [5.74, 6) is 1.00. The first-order valence-corrected chi connectivity index (χ1v) is 6.03. The maximum absolute atomic E-state index is 5.95. The Hall–Kier alpha value is -0.730. The monoisotopic (exact) mass is 255 g/mol. The lowest BCUT2D eigenvalue weighted by atomic mass is 9.87. The lowest BCUT2D eigenvalue weighted by molar-refractivity contribution is 0.222. The van der Waals surface area contributed by atoms with Gasteiger partial charge in [-0.05, 0) is 36.1 Å². The summed E-state index contributed by atoms with van der Waals surface area (Å²) in [7, 11) is 0. The van der Waals surface area contributed by atoms with Gasteiger partial charge in [-0.1, -0.05) is 32.9 Å². The third kappa shape index (κ3) is 3.90. The van der Waals surface area contributed by atoms with Crippen molar-refractivity contribution in [3.8, 4) is 5.75 Å². The fourth-order valence-electron chi connectivity index (χ4n) is 1.96. The average molecular weight is 256 g/mol. The van der Waals surface area contributed by atoms with Crippen molar-refractivity contribution >= 4 is 12.4 Å². The Balaban J connectivity index is 0.00000144. The van der Waals surface area contributed by atoms with E-state index >= 15 is 0 Å². The number of ether oxygens (including phenoxy) is 1. The maximum atomic E-state index is 5.95. The average Bonchev–Trinajstić information content (AvgIpc) is 2.70. The Morgan fingerprint density at radius 3 is 2.65 bits per heavy atom. The van der Waals surface area contributed by atoms with Crippen LogP contribution in [0.25, 0.3) is 0 Å².